The number of hydrogen-bond donors (Lipinski definition) is 1. The Morgan fingerprint density at radius 1 is 1.15 bits per heavy atom. The summed E-state index contributed by atoms with van der Waals surface area (Å²) in [5.41, 5.74) is 9.98. The summed E-state index contributed by atoms with van der Waals surface area (Å²) in [6.45, 7) is 11.1. The summed E-state index contributed by atoms with van der Waals surface area (Å²) in [6, 6.07) is 0.106. The molecule has 0 fully saturated rings. The lowest BCUT2D eigenvalue weighted by molar-refractivity contribution is 0.120. The molecule has 1 atom stereocenters. The molecule has 0 saturated heterocycles. The first-order chi connectivity index (χ1) is 9.69. The molecule has 1 aromatic rings. The van der Waals surface area contributed by atoms with Gasteiger partial charge in [-0.25, -0.2) is 0 Å². The van der Waals surface area contributed by atoms with Crippen molar-refractivity contribution in [2.75, 3.05) is 13.2 Å². The molecule has 1 unspecified atom stereocenters. The van der Waals surface area contributed by atoms with Crippen LogP contribution in [0.3, 0.4) is 0 Å². The van der Waals surface area contributed by atoms with Crippen LogP contribution in [-0.4, -0.2) is 23.0 Å². The first-order valence-electron chi connectivity index (χ1n) is 8.11. The van der Waals surface area contributed by atoms with Crippen LogP contribution < -0.4 is 5.73 Å². The van der Waals surface area contributed by atoms with Crippen molar-refractivity contribution in [3.05, 3.63) is 17.0 Å². The molecule has 0 bridgehead atoms. The predicted octanol–water partition coefficient (Wildman–Crippen LogP) is 3.23. The molecule has 2 N–H and O–H groups in total. The Balaban J connectivity index is 2.77. The van der Waals surface area contributed by atoms with E-state index in [2.05, 4.69) is 32.4 Å². The van der Waals surface area contributed by atoms with Crippen LogP contribution in [0.2, 0.25) is 0 Å². The monoisotopic (exact) mass is 281 g/mol. The summed E-state index contributed by atoms with van der Waals surface area (Å²) in [5, 5.41) is 4.74. The van der Waals surface area contributed by atoms with E-state index in [1.54, 1.807) is 0 Å². The Labute approximate surface area is 123 Å². The van der Waals surface area contributed by atoms with Gasteiger partial charge in [-0.05, 0) is 25.7 Å². The molecular formula is C16H31N3O. The van der Waals surface area contributed by atoms with Gasteiger partial charge in [-0.15, -0.1) is 0 Å². The average Bonchev–Trinajstić information content (AvgIpc) is 2.83. The molecule has 0 aromatic carbocycles. The Morgan fingerprint density at radius 2 is 1.90 bits per heavy atom. The van der Waals surface area contributed by atoms with Gasteiger partial charge in [0.1, 0.15) is 0 Å². The van der Waals surface area contributed by atoms with E-state index >= 15 is 0 Å². The lowest BCUT2D eigenvalue weighted by atomic mass is 10.00. The quantitative estimate of drug-likeness (QED) is 0.670. The lowest BCUT2D eigenvalue weighted by Gasteiger charge is -2.12. The van der Waals surface area contributed by atoms with E-state index in [9.17, 15) is 0 Å². The van der Waals surface area contributed by atoms with E-state index in [1.165, 1.54) is 17.7 Å². The van der Waals surface area contributed by atoms with Gasteiger partial charge in [0.15, 0.2) is 0 Å². The second-order valence-corrected chi connectivity index (χ2v) is 5.22. The van der Waals surface area contributed by atoms with E-state index in [0.29, 0.717) is 0 Å². The lowest BCUT2D eigenvalue weighted by Crippen LogP contribution is -2.14. The summed E-state index contributed by atoms with van der Waals surface area (Å²) in [4.78, 5) is 0. The number of hydrogen-bond acceptors (Lipinski definition) is 3. The molecule has 116 valence electrons. The SMILES string of the molecule is CCCCOCCn1nc(CC)c(C(N)CC)c1CC. The molecule has 0 aliphatic rings. The zero-order chi connectivity index (χ0) is 15.0. The van der Waals surface area contributed by atoms with Crippen LogP contribution >= 0.6 is 0 Å². The molecule has 0 amide bonds. The van der Waals surface area contributed by atoms with Gasteiger partial charge in [-0.1, -0.05) is 34.1 Å². The number of unbranched alkanes of at least 4 members (excludes halogenated alkanes) is 1. The average molecular weight is 281 g/mol. The van der Waals surface area contributed by atoms with E-state index in [1.807, 2.05) is 0 Å². The molecule has 0 saturated carbocycles. The molecule has 0 aliphatic heterocycles. The highest BCUT2D eigenvalue weighted by Crippen LogP contribution is 2.24. The Morgan fingerprint density at radius 3 is 2.45 bits per heavy atom. The van der Waals surface area contributed by atoms with Crippen molar-refractivity contribution < 1.29 is 4.74 Å². The van der Waals surface area contributed by atoms with Gasteiger partial charge in [0.05, 0.1) is 18.8 Å². The highest BCUT2D eigenvalue weighted by Gasteiger charge is 2.19. The number of aromatic nitrogens is 2. The number of nitrogens with two attached hydrogens (primary N) is 1. The summed E-state index contributed by atoms with van der Waals surface area (Å²) < 4.78 is 7.76. The summed E-state index contributed by atoms with van der Waals surface area (Å²) >= 11 is 0. The van der Waals surface area contributed by atoms with Gasteiger partial charge in [0.2, 0.25) is 0 Å². The van der Waals surface area contributed by atoms with E-state index < -0.39 is 0 Å². The maximum atomic E-state index is 6.27. The van der Waals surface area contributed by atoms with Gasteiger partial charge in [-0.2, -0.15) is 5.10 Å². The van der Waals surface area contributed by atoms with Crippen molar-refractivity contribution >= 4 is 0 Å². The summed E-state index contributed by atoms with van der Waals surface area (Å²) in [6.07, 6.45) is 5.19. The number of nitrogens with zero attached hydrogens (tertiary/aromatic N) is 2. The van der Waals surface area contributed by atoms with Crippen LogP contribution in [0.15, 0.2) is 0 Å². The van der Waals surface area contributed by atoms with Gasteiger partial charge < -0.3 is 10.5 Å². The minimum absolute atomic E-state index is 0.106. The molecule has 0 aliphatic carbocycles. The standard InChI is InChI=1S/C16H31N3O/c1-5-9-11-20-12-10-19-15(8-4)16(13(17)6-2)14(7-3)18-19/h13H,5-12,17H2,1-4H3. The third-order valence-electron chi connectivity index (χ3n) is 3.74. The van der Waals surface area contributed by atoms with Gasteiger partial charge in [-0.3, -0.25) is 4.68 Å². The highest BCUT2D eigenvalue weighted by atomic mass is 16.5. The third-order valence-corrected chi connectivity index (χ3v) is 3.74. The van der Waals surface area contributed by atoms with E-state index in [-0.39, 0.29) is 6.04 Å². The van der Waals surface area contributed by atoms with Crippen molar-refractivity contribution in [2.45, 2.75) is 72.4 Å². The van der Waals surface area contributed by atoms with Gasteiger partial charge in [0.25, 0.3) is 0 Å². The third kappa shape index (κ3) is 4.32. The topological polar surface area (TPSA) is 53.1 Å². The largest absolute Gasteiger partial charge is 0.380 e. The number of aryl methyl sites for hydroxylation is 1. The number of rotatable bonds is 10. The highest BCUT2D eigenvalue weighted by molar-refractivity contribution is 5.30. The van der Waals surface area contributed by atoms with Crippen LogP contribution in [0.25, 0.3) is 0 Å². The van der Waals surface area contributed by atoms with Crippen molar-refractivity contribution in [3.63, 3.8) is 0 Å². The van der Waals surface area contributed by atoms with Crippen molar-refractivity contribution in [2.24, 2.45) is 5.73 Å². The number of ether oxygens (including phenoxy) is 1. The minimum atomic E-state index is 0.106. The van der Waals surface area contributed by atoms with Crippen molar-refractivity contribution in [1.82, 2.24) is 9.78 Å². The zero-order valence-corrected chi connectivity index (χ0v) is 13.6. The van der Waals surface area contributed by atoms with Crippen molar-refractivity contribution in [1.29, 1.82) is 0 Å². The zero-order valence-electron chi connectivity index (χ0n) is 13.6. The maximum Gasteiger partial charge on any atom is 0.0672 e. The molecule has 20 heavy (non-hydrogen) atoms. The molecule has 1 rings (SSSR count). The molecule has 0 spiro atoms. The Kier molecular flexibility index (Phi) is 7.85. The van der Waals surface area contributed by atoms with Crippen LogP contribution in [0.5, 0.6) is 0 Å². The van der Waals surface area contributed by atoms with Crippen LogP contribution in [0.4, 0.5) is 0 Å². The second kappa shape index (κ2) is 9.14. The molecule has 1 aromatic heterocycles. The second-order valence-electron chi connectivity index (χ2n) is 5.22. The predicted molar refractivity (Wildman–Crippen MR) is 83.9 cm³/mol. The molecular weight excluding hydrogens is 250 g/mol. The van der Waals surface area contributed by atoms with Crippen LogP contribution in [0, 0.1) is 0 Å². The van der Waals surface area contributed by atoms with Crippen LogP contribution in [-0.2, 0) is 24.1 Å². The molecule has 4 heteroatoms. The van der Waals surface area contributed by atoms with E-state index in [4.69, 9.17) is 15.6 Å². The fraction of sp³-hybridized carbons (Fsp3) is 0.812. The Bertz CT molecular complexity index is 387. The first-order valence-corrected chi connectivity index (χ1v) is 8.11. The summed E-state index contributed by atoms with van der Waals surface area (Å²) in [5.74, 6) is 0. The fourth-order valence-corrected chi connectivity index (χ4v) is 2.52. The van der Waals surface area contributed by atoms with Gasteiger partial charge >= 0.3 is 0 Å². The van der Waals surface area contributed by atoms with Crippen LogP contribution in [0.1, 0.15) is 70.0 Å². The molecule has 0 radical (unpaired) electrons. The molecule has 1 heterocycles. The van der Waals surface area contributed by atoms with E-state index in [0.717, 1.165) is 51.1 Å². The minimum Gasteiger partial charge on any atom is -0.380 e. The smallest absolute Gasteiger partial charge is 0.0672 e. The fourth-order valence-electron chi connectivity index (χ4n) is 2.52. The van der Waals surface area contributed by atoms with Crippen molar-refractivity contribution in [3.8, 4) is 0 Å². The maximum absolute atomic E-state index is 6.27. The first kappa shape index (κ1) is 17.2. The van der Waals surface area contributed by atoms with Gasteiger partial charge in [0, 0.05) is 23.9 Å². The Hall–Kier alpha value is -0.870. The molecule has 4 nitrogen and oxygen atoms in total. The summed E-state index contributed by atoms with van der Waals surface area (Å²) in [7, 11) is 0. The normalized spacial score (nSPS) is 12.8.